The second kappa shape index (κ2) is 6.50. The highest BCUT2D eigenvalue weighted by Gasteiger charge is 2.19. The van der Waals surface area contributed by atoms with Crippen molar-refractivity contribution in [3.05, 3.63) is 26.9 Å². The summed E-state index contributed by atoms with van der Waals surface area (Å²) in [6.45, 7) is 0. The van der Waals surface area contributed by atoms with E-state index >= 15 is 0 Å². The third kappa shape index (κ3) is 4.23. The molecule has 0 saturated heterocycles. The maximum atomic E-state index is 11.7. The number of hydrogen-bond acceptors (Lipinski definition) is 3. The Hall–Kier alpha value is -0.650. The van der Waals surface area contributed by atoms with Gasteiger partial charge in [0.05, 0.1) is 9.89 Å². The number of halogens is 1. The average molecular weight is 330 g/mol. The number of rotatable bonds is 3. The fraction of sp³-hybridized carbons (Fsp3) is 0.462. The molecule has 5 heteroatoms. The third-order valence-electron chi connectivity index (χ3n) is 3.06. The highest BCUT2D eigenvalue weighted by molar-refractivity contribution is 9.11. The fourth-order valence-electron chi connectivity index (χ4n) is 2.05. The zero-order valence-corrected chi connectivity index (χ0v) is 12.3. The number of aliphatic hydroxyl groups excluding tert-OH is 1. The highest BCUT2D eigenvalue weighted by atomic mass is 79.9. The summed E-state index contributed by atoms with van der Waals surface area (Å²) in [7, 11) is 0. The van der Waals surface area contributed by atoms with Gasteiger partial charge in [-0.3, -0.25) is 4.79 Å². The van der Waals surface area contributed by atoms with Crippen LogP contribution in [0.3, 0.4) is 0 Å². The lowest BCUT2D eigenvalue weighted by Crippen LogP contribution is -2.37. The molecule has 0 aliphatic heterocycles. The molecule has 0 spiro atoms. The van der Waals surface area contributed by atoms with Crippen molar-refractivity contribution in [2.75, 3.05) is 0 Å². The molecule has 0 bridgehead atoms. The van der Waals surface area contributed by atoms with Crippen molar-refractivity contribution in [3.8, 4) is 0 Å². The van der Waals surface area contributed by atoms with Gasteiger partial charge in [-0.25, -0.2) is 0 Å². The van der Waals surface area contributed by atoms with Gasteiger partial charge in [-0.2, -0.15) is 0 Å². The molecule has 0 unspecified atom stereocenters. The van der Waals surface area contributed by atoms with Gasteiger partial charge >= 0.3 is 0 Å². The Morgan fingerprint density at radius 1 is 1.44 bits per heavy atom. The first-order chi connectivity index (χ1) is 8.63. The van der Waals surface area contributed by atoms with Crippen LogP contribution in [0, 0.1) is 0 Å². The van der Waals surface area contributed by atoms with Crippen LogP contribution in [0.15, 0.2) is 21.3 Å². The van der Waals surface area contributed by atoms with Crippen molar-refractivity contribution in [1.29, 1.82) is 0 Å². The molecule has 2 rings (SSSR count). The van der Waals surface area contributed by atoms with Crippen LogP contribution < -0.4 is 5.32 Å². The van der Waals surface area contributed by atoms with E-state index in [-0.39, 0.29) is 18.1 Å². The first kappa shape index (κ1) is 13.8. The van der Waals surface area contributed by atoms with Gasteiger partial charge in [-0.15, -0.1) is 11.3 Å². The van der Waals surface area contributed by atoms with Crippen LogP contribution in [0.5, 0.6) is 0 Å². The summed E-state index contributed by atoms with van der Waals surface area (Å²) in [5, 5.41) is 14.3. The molecule has 0 atom stereocenters. The summed E-state index contributed by atoms with van der Waals surface area (Å²) in [4.78, 5) is 11.7. The number of carbonyl (C=O) groups is 1. The van der Waals surface area contributed by atoms with E-state index in [1.165, 1.54) is 0 Å². The molecule has 1 saturated carbocycles. The molecule has 1 aromatic heterocycles. The highest BCUT2D eigenvalue weighted by Crippen LogP contribution is 2.21. The van der Waals surface area contributed by atoms with Crippen LogP contribution in [0.1, 0.15) is 31.2 Å². The topological polar surface area (TPSA) is 49.3 Å². The van der Waals surface area contributed by atoms with Crippen molar-refractivity contribution < 1.29 is 9.90 Å². The Kier molecular flexibility index (Phi) is 4.97. The maximum Gasteiger partial charge on any atom is 0.244 e. The maximum absolute atomic E-state index is 11.7. The second-order valence-corrected chi connectivity index (χ2v) is 6.82. The van der Waals surface area contributed by atoms with Crippen LogP contribution >= 0.6 is 27.3 Å². The molecule has 98 valence electrons. The number of amides is 1. The molecule has 1 fully saturated rings. The Balaban J connectivity index is 1.80. The lowest BCUT2D eigenvalue weighted by atomic mass is 9.93. The predicted octanol–water partition coefficient (Wildman–Crippen LogP) is 2.94. The fourth-order valence-corrected chi connectivity index (χ4v) is 3.20. The van der Waals surface area contributed by atoms with Gasteiger partial charge in [0.1, 0.15) is 0 Å². The van der Waals surface area contributed by atoms with Crippen molar-refractivity contribution >= 4 is 39.2 Å². The quantitative estimate of drug-likeness (QED) is 0.837. The number of aliphatic hydroxyl groups is 1. The van der Waals surface area contributed by atoms with Gasteiger partial charge in [0.15, 0.2) is 0 Å². The van der Waals surface area contributed by atoms with Crippen LogP contribution in [0.4, 0.5) is 0 Å². The molecule has 0 radical (unpaired) electrons. The van der Waals surface area contributed by atoms with Crippen molar-refractivity contribution in [1.82, 2.24) is 5.32 Å². The SMILES string of the molecule is O=C(C=Cc1csc(Br)c1)NC1CCC(O)CC1. The number of nitrogens with one attached hydrogen (secondary N) is 1. The van der Waals surface area contributed by atoms with E-state index in [1.807, 2.05) is 17.5 Å². The van der Waals surface area contributed by atoms with E-state index in [9.17, 15) is 9.90 Å². The summed E-state index contributed by atoms with van der Waals surface area (Å²) in [5.41, 5.74) is 1.03. The van der Waals surface area contributed by atoms with Crippen LogP contribution in [-0.4, -0.2) is 23.2 Å². The summed E-state index contributed by atoms with van der Waals surface area (Å²) in [6, 6.07) is 2.19. The first-order valence-electron chi connectivity index (χ1n) is 6.04. The van der Waals surface area contributed by atoms with Gasteiger partial charge in [-0.05, 0) is 64.7 Å². The van der Waals surface area contributed by atoms with E-state index in [4.69, 9.17) is 0 Å². The average Bonchev–Trinajstić information content (AvgIpc) is 2.76. The smallest absolute Gasteiger partial charge is 0.244 e. The van der Waals surface area contributed by atoms with E-state index in [0.717, 1.165) is 35.0 Å². The van der Waals surface area contributed by atoms with E-state index in [1.54, 1.807) is 17.4 Å². The summed E-state index contributed by atoms with van der Waals surface area (Å²) < 4.78 is 1.06. The summed E-state index contributed by atoms with van der Waals surface area (Å²) in [6.07, 6.45) is 6.50. The third-order valence-corrected chi connectivity index (χ3v) is 4.58. The molecule has 1 aliphatic rings. The first-order valence-corrected chi connectivity index (χ1v) is 7.71. The Morgan fingerprint density at radius 2 is 2.17 bits per heavy atom. The summed E-state index contributed by atoms with van der Waals surface area (Å²) >= 11 is 4.98. The minimum Gasteiger partial charge on any atom is -0.393 e. The van der Waals surface area contributed by atoms with Gasteiger partial charge in [-0.1, -0.05) is 0 Å². The molecule has 3 nitrogen and oxygen atoms in total. The molecular weight excluding hydrogens is 314 g/mol. The van der Waals surface area contributed by atoms with E-state index < -0.39 is 0 Å². The van der Waals surface area contributed by atoms with Gasteiger partial charge in [0.2, 0.25) is 5.91 Å². The zero-order valence-electron chi connectivity index (χ0n) is 9.93. The number of hydrogen-bond donors (Lipinski definition) is 2. The van der Waals surface area contributed by atoms with Crippen LogP contribution in [0.25, 0.3) is 6.08 Å². The van der Waals surface area contributed by atoms with Crippen LogP contribution in [0.2, 0.25) is 0 Å². The Bertz CT molecular complexity index is 436. The van der Waals surface area contributed by atoms with Crippen molar-refractivity contribution in [2.45, 2.75) is 37.8 Å². The van der Waals surface area contributed by atoms with Crippen molar-refractivity contribution in [2.24, 2.45) is 0 Å². The van der Waals surface area contributed by atoms with Gasteiger partial charge in [0, 0.05) is 12.1 Å². The monoisotopic (exact) mass is 329 g/mol. The zero-order chi connectivity index (χ0) is 13.0. The molecule has 0 aromatic carbocycles. The molecule has 1 aliphatic carbocycles. The Labute approximate surface area is 119 Å². The molecule has 1 heterocycles. The largest absolute Gasteiger partial charge is 0.393 e. The van der Waals surface area contributed by atoms with Gasteiger partial charge < -0.3 is 10.4 Å². The molecule has 1 amide bonds. The van der Waals surface area contributed by atoms with Crippen LogP contribution in [-0.2, 0) is 4.79 Å². The molecule has 2 N–H and O–H groups in total. The normalized spacial score (nSPS) is 24.3. The Morgan fingerprint density at radius 3 is 2.78 bits per heavy atom. The lowest BCUT2D eigenvalue weighted by molar-refractivity contribution is -0.117. The van der Waals surface area contributed by atoms with E-state index in [0.29, 0.717) is 0 Å². The molecule has 18 heavy (non-hydrogen) atoms. The number of carbonyl (C=O) groups excluding carboxylic acids is 1. The number of thiophene rings is 1. The summed E-state index contributed by atoms with van der Waals surface area (Å²) in [5.74, 6) is -0.0567. The van der Waals surface area contributed by atoms with Crippen molar-refractivity contribution in [3.63, 3.8) is 0 Å². The predicted molar refractivity (Wildman–Crippen MR) is 77.5 cm³/mol. The van der Waals surface area contributed by atoms with Gasteiger partial charge in [0.25, 0.3) is 0 Å². The lowest BCUT2D eigenvalue weighted by Gasteiger charge is -2.25. The minimum atomic E-state index is -0.183. The van der Waals surface area contributed by atoms with E-state index in [2.05, 4.69) is 21.2 Å². The molecular formula is C13H16BrNO2S. The molecule has 1 aromatic rings. The minimum absolute atomic E-state index is 0.0567. The standard InChI is InChI=1S/C13H16BrNO2S/c14-12-7-9(8-18-12)1-6-13(17)15-10-2-4-11(16)5-3-10/h1,6-8,10-11,16H,2-5H2,(H,15,17). The second-order valence-electron chi connectivity index (χ2n) is 4.53.